The molecule has 0 radical (unpaired) electrons. The number of pyridine rings is 1. The third-order valence-corrected chi connectivity index (χ3v) is 4.86. The maximum Gasteiger partial charge on any atom is 0.263 e. The van der Waals surface area contributed by atoms with Crippen LogP contribution in [-0.2, 0) is 17.2 Å². The molecule has 6 heteroatoms. The van der Waals surface area contributed by atoms with Gasteiger partial charge in [0.25, 0.3) is 11.5 Å². The molecule has 3 rings (SSSR count). The van der Waals surface area contributed by atoms with Crippen LogP contribution in [0, 0.1) is 5.82 Å². The predicted molar refractivity (Wildman–Crippen MR) is 92.1 cm³/mol. The van der Waals surface area contributed by atoms with E-state index in [0.29, 0.717) is 19.8 Å². The molecular formula is C19H21FN2O3. The van der Waals surface area contributed by atoms with Gasteiger partial charge in [-0.1, -0.05) is 12.1 Å². The van der Waals surface area contributed by atoms with Crippen LogP contribution in [0.15, 0.2) is 47.4 Å². The molecule has 25 heavy (non-hydrogen) atoms. The zero-order valence-corrected chi connectivity index (χ0v) is 14.1. The molecule has 0 aliphatic carbocycles. The zero-order valence-electron chi connectivity index (χ0n) is 14.1. The number of ether oxygens (including phenoxy) is 1. The van der Waals surface area contributed by atoms with Gasteiger partial charge in [-0.25, -0.2) is 4.39 Å². The Hall–Kier alpha value is -2.47. The number of halogens is 1. The highest BCUT2D eigenvalue weighted by molar-refractivity contribution is 5.93. The van der Waals surface area contributed by atoms with E-state index >= 15 is 0 Å². The van der Waals surface area contributed by atoms with Gasteiger partial charge in [0.05, 0.1) is 0 Å². The van der Waals surface area contributed by atoms with E-state index in [1.54, 1.807) is 31.4 Å². The number of carbonyl (C=O) groups is 1. The van der Waals surface area contributed by atoms with Crippen molar-refractivity contribution in [2.45, 2.75) is 18.3 Å². The molecule has 0 saturated carbocycles. The summed E-state index contributed by atoms with van der Waals surface area (Å²) in [5.41, 5.74) is 0.439. The average molecular weight is 344 g/mol. The molecule has 0 spiro atoms. The summed E-state index contributed by atoms with van der Waals surface area (Å²) >= 11 is 0. The average Bonchev–Trinajstić information content (AvgIpc) is 2.63. The van der Waals surface area contributed by atoms with Crippen molar-refractivity contribution >= 4 is 5.91 Å². The Bertz CT molecular complexity index is 808. The minimum atomic E-state index is -0.394. The molecule has 132 valence electrons. The molecule has 1 saturated heterocycles. The summed E-state index contributed by atoms with van der Waals surface area (Å²) in [7, 11) is 1.61. The molecule has 1 aliphatic heterocycles. The maximum absolute atomic E-state index is 13.3. The van der Waals surface area contributed by atoms with E-state index in [4.69, 9.17) is 4.74 Å². The minimum absolute atomic E-state index is 0.117. The topological polar surface area (TPSA) is 60.3 Å². The van der Waals surface area contributed by atoms with Crippen LogP contribution in [0.3, 0.4) is 0 Å². The van der Waals surface area contributed by atoms with Gasteiger partial charge >= 0.3 is 0 Å². The molecule has 2 heterocycles. The van der Waals surface area contributed by atoms with E-state index in [1.807, 2.05) is 0 Å². The predicted octanol–water partition coefficient (Wildman–Crippen LogP) is 2.00. The van der Waals surface area contributed by atoms with Crippen LogP contribution in [0.5, 0.6) is 0 Å². The van der Waals surface area contributed by atoms with Crippen LogP contribution in [0.1, 0.15) is 28.8 Å². The standard InChI is InChI=1S/C19H21FN2O3/c1-22-10-2-3-16(18(22)24)17(23)21-13-19(8-11-25-12-9-19)14-4-6-15(20)7-5-14/h2-7,10H,8-9,11-13H2,1H3,(H,21,23). The highest BCUT2D eigenvalue weighted by Gasteiger charge is 2.35. The molecule has 1 fully saturated rings. The Balaban J connectivity index is 1.81. The molecule has 1 aliphatic rings. The van der Waals surface area contributed by atoms with Crippen molar-refractivity contribution in [1.82, 2.24) is 9.88 Å². The lowest BCUT2D eigenvalue weighted by atomic mass is 9.74. The molecule has 5 nitrogen and oxygen atoms in total. The van der Waals surface area contributed by atoms with E-state index in [-0.39, 0.29) is 22.4 Å². The summed E-state index contributed by atoms with van der Waals surface area (Å²) in [6.07, 6.45) is 3.06. The molecular weight excluding hydrogens is 323 g/mol. The van der Waals surface area contributed by atoms with Crippen LogP contribution < -0.4 is 10.9 Å². The van der Waals surface area contributed by atoms with Crippen LogP contribution in [0.4, 0.5) is 4.39 Å². The van der Waals surface area contributed by atoms with Crippen molar-refractivity contribution in [2.24, 2.45) is 7.05 Å². The Morgan fingerprint density at radius 2 is 1.92 bits per heavy atom. The van der Waals surface area contributed by atoms with Crippen molar-refractivity contribution < 1.29 is 13.9 Å². The number of carbonyl (C=O) groups excluding carboxylic acids is 1. The summed E-state index contributed by atoms with van der Waals surface area (Å²) in [6.45, 7) is 1.54. The molecule has 0 bridgehead atoms. The second-order valence-corrected chi connectivity index (χ2v) is 6.42. The molecule has 1 aromatic carbocycles. The lowest BCUT2D eigenvalue weighted by Gasteiger charge is -2.38. The van der Waals surface area contributed by atoms with Gasteiger partial charge in [0.1, 0.15) is 11.4 Å². The molecule has 0 unspecified atom stereocenters. The molecule has 2 aromatic rings. The fourth-order valence-electron chi connectivity index (χ4n) is 3.25. The molecule has 1 amide bonds. The number of aromatic nitrogens is 1. The normalized spacial score (nSPS) is 16.4. The van der Waals surface area contributed by atoms with Crippen LogP contribution in [0.25, 0.3) is 0 Å². The van der Waals surface area contributed by atoms with Gasteiger partial charge in [0, 0.05) is 38.4 Å². The fourth-order valence-corrected chi connectivity index (χ4v) is 3.25. The quantitative estimate of drug-likeness (QED) is 0.923. The van der Waals surface area contributed by atoms with Gasteiger partial charge < -0.3 is 14.6 Å². The molecule has 1 N–H and O–H groups in total. The zero-order chi connectivity index (χ0) is 17.9. The summed E-state index contributed by atoms with van der Waals surface area (Å²) in [5, 5.41) is 2.89. The molecule has 0 atom stereocenters. The minimum Gasteiger partial charge on any atom is -0.381 e. The molecule has 1 aromatic heterocycles. The summed E-state index contributed by atoms with van der Waals surface area (Å²) in [6, 6.07) is 9.57. The highest BCUT2D eigenvalue weighted by atomic mass is 19.1. The number of nitrogens with one attached hydrogen (secondary N) is 1. The number of benzene rings is 1. The number of hydrogen-bond donors (Lipinski definition) is 1. The summed E-state index contributed by atoms with van der Waals surface area (Å²) in [5.74, 6) is -0.683. The van der Waals surface area contributed by atoms with E-state index in [9.17, 15) is 14.0 Å². The first-order chi connectivity index (χ1) is 12.0. The monoisotopic (exact) mass is 344 g/mol. The van der Waals surface area contributed by atoms with Gasteiger partial charge in [-0.15, -0.1) is 0 Å². The number of aryl methyl sites for hydroxylation is 1. The van der Waals surface area contributed by atoms with E-state index in [0.717, 1.165) is 18.4 Å². The maximum atomic E-state index is 13.3. The van der Waals surface area contributed by atoms with Gasteiger partial charge in [-0.2, -0.15) is 0 Å². The Morgan fingerprint density at radius 1 is 1.24 bits per heavy atom. The number of rotatable bonds is 4. The Kier molecular flexibility index (Phi) is 4.99. The van der Waals surface area contributed by atoms with E-state index in [2.05, 4.69) is 5.32 Å². The second-order valence-electron chi connectivity index (χ2n) is 6.42. The van der Waals surface area contributed by atoms with Crippen molar-refractivity contribution in [3.63, 3.8) is 0 Å². The van der Waals surface area contributed by atoms with Crippen molar-refractivity contribution in [3.8, 4) is 0 Å². The van der Waals surface area contributed by atoms with Crippen molar-refractivity contribution in [3.05, 3.63) is 69.9 Å². The SMILES string of the molecule is Cn1cccc(C(=O)NCC2(c3ccc(F)cc3)CCOCC2)c1=O. The Morgan fingerprint density at radius 3 is 2.60 bits per heavy atom. The van der Waals surface area contributed by atoms with Gasteiger partial charge in [-0.05, 0) is 42.7 Å². The van der Waals surface area contributed by atoms with Gasteiger partial charge in [0.2, 0.25) is 0 Å². The second kappa shape index (κ2) is 7.19. The van der Waals surface area contributed by atoms with Crippen LogP contribution >= 0.6 is 0 Å². The third-order valence-electron chi connectivity index (χ3n) is 4.86. The van der Waals surface area contributed by atoms with E-state index < -0.39 is 5.91 Å². The van der Waals surface area contributed by atoms with Crippen molar-refractivity contribution in [1.29, 1.82) is 0 Å². The first kappa shape index (κ1) is 17.4. The lowest BCUT2D eigenvalue weighted by molar-refractivity contribution is 0.0487. The first-order valence-corrected chi connectivity index (χ1v) is 8.29. The van der Waals surface area contributed by atoms with Crippen molar-refractivity contribution in [2.75, 3.05) is 19.8 Å². The van der Waals surface area contributed by atoms with Gasteiger partial charge in [0.15, 0.2) is 0 Å². The van der Waals surface area contributed by atoms with Crippen LogP contribution in [0.2, 0.25) is 0 Å². The Labute approximate surface area is 145 Å². The lowest BCUT2D eigenvalue weighted by Crippen LogP contribution is -2.45. The number of amides is 1. The summed E-state index contributed by atoms with van der Waals surface area (Å²) in [4.78, 5) is 24.6. The largest absolute Gasteiger partial charge is 0.381 e. The highest BCUT2D eigenvalue weighted by Crippen LogP contribution is 2.34. The third kappa shape index (κ3) is 3.64. The fraction of sp³-hybridized carbons (Fsp3) is 0.368. The number of hydrogen-bond acceptors (Lipinski definition) is 3. The summed E-state index contributed by atoms with van der Waals surface area (Å²) < 4.78 is 20.1. The van der Waals surface area contributed by atoms with Crippen LogP contribution in [-0.4, -0.2) is 30.2 Å². The first-order valence-electron chi connectivity index (χ1n) is 8.29. The number of nitrogens with zero attached hydrogens (tertiary/aromatic N) is 1. The van der Waals surface area contributed by atoms with E-state index in [1.165, 1.54) is 22.8 Å². The smallest absolute Gasteiger partial charge is 0.263 e. The van der Waals surface area contributed by atoms with Gasteiger partial charge in [-0.3, -0.25) is 9.59 Å².